The molecule has 1 aromatic carbocycles. The number of carboxylic acid groups (broad SMARTS) is 1. The molecule has 0 bridgehead atoms. The number of nitrogens with zero attached hydrogens (tertiary/aromatic N) is 2. The number of carbonyl (C=O) groups is 3. The number of aliphatic carboxylic acids is 1. The van der Waals surface area contributed by atoms with Crippen LogP contribution >= 0.6 is 0 Å². The summed E-state index contributed by atoms with van der Waals surface area (Å²) in [6.07, 6.45) is 1.32. The molecule has 27 heavy (non-hydrogen) atoms. The summed E-state index contributed by atoms with van der Waals surface area (Å²) in [6, 6.07) is 9.98. The van der Waals surface area contributed by atoms with Crippen molar-refractivity contribution in [3.63, 3.8) is 0 Å². The second-order valence-electron chi connectivity index (χ2n) is 7.71. The van der Waals surface area contributed by atoms with Gasteiger partial charge in [-0.1, -0.05) is 44.2 Å². The molecule has 0 spiro atoms. The minimum atomic E-state index is -0.796. The number of hydrogen-bond acceptors (Lipinski definition) is 3. The Kier molecular flexibility index (Phi) is 7.39. The molecule has 1 aliphatic heterocycles. The number of carboxylic acids is 1. The molecule has 6 heteroatoms. The third-order valence-corrected chi connectivity index (χ3v) is 5.42. The Morgan fingerprint density at radius 2 is 1.74 bits per heavy atom. The molecule has 1 unspecified atom stereocenters. The molecule has 1 saturated heterocycles. The zero-order valence-electron chi connectivity index (χ0n) is 16.4. The number of rotatable bonds is 7. The molecule has 1 aliphatic rings. The predicted molar refractivity (Wildman–Crippen MR) is 103 cm³/mol. The van der Waals surface area contributed by atoms with E-state index in [1.807, 2.05) is 30.3 Å². The third-order valence-electron chi connectivity index (χ3n) is 5.42. The van der Waals surface area contributed by atoms with Crippen molar-refractivity contribution in [3.05, 3.63) is 35.9 Å². The van der Waals surface area contributed by atoms with Gasteiger partial charge in [-0.2, -0.15) is 0 Å². The van der Waals surface area contributed by atoms with Gasteiger partial charge in [0.25, 0.3) is 0 Å². The number of piperidine rings is 1. The van der Waals surface area contributed by atoms with Gasteiger partial charge in [-0.05, 0) is 30.2 Å². The lowest BCUT2D eigenvalue weighted by Crippen LogP contribution is -2.45. The van der Waals surface area contributed by atoms with Crippen LogP contribution in [0, 0.1) is 11.8 Å². The van der Waals surface area contributed by atoms with E-state index in [0.717, 1.165) is 5.56 Å². The van der Waals surface area contributed by atoms with E-state index in [4.69, 9.17) is 5.11 Å². The fraction of sp³-hybridized carbons (Fsp3) is 0.571. The molecule has 1 atom stereocenters. The van der Waals surface area contributed by atoms with Gasteiger partial charge in [0.1, 0.15) is 0 Å². The molecule has 0 saturated carbocycles. The van der Waals surface area contributed by atoms with Crippen LogP contribution in [0.2, 0.25) is 0 Å². The van der Waals surface area contributed by atoms with Crippen LogP contribution in [0.15, 0.2) is 30.3 Å². The first-order chi connectivity index (χ1) is 12.8. The van der Waals surface area contributed by atoms with E-state index in [-0.39, 0.29) is 30.2 Å². The topological polar surface area (TPSA) is 77.9 Å². The van der Waals surface area contributed by atoms with E-state index in [2.05, 4.69) is 13.8 Å². The highest BCUT2D eigenvalue weighted by Crippen LogP contribution is 2.28. The first-order valence-corrected chi connectivity index (χ1v) is 9.59. The minimum absolute atomic E-state index is 0.0379. The van der Waals surface area contributed by atoms with Crippen molar-refractivity contribution >= 4 is 17.8 Å². The average Bonchev–Trinajstić information content (AvgIpc) is 2.66. The molecule has 1 N–H and O–H groups in total. The van der Waals surface area contributed by atoms with Crippen LogP contribution in [0.4, 0.5) is 0 Å². The lowest BCUT2D eigenvalue weighted by atomic mass is 9.85. The first kappa shape index (κ1) is 20.9. The molecule has 0 aliphatic carbocycles. The van der Waals surface area contributed by atoms with E-state index in [0.29, 0.717) is 38.3 Å². The second-order valence-corrected chi connectivity index (χ2v) is 7.71. The van der Waals surface area contributed by atoms with Gasteiger partial charge >= 0.3 is 5.97 Å². The molecule has 1 fully saturated rings. The highest BCUT2D eigenvalue weighted by Gasteiger charge is 2.28. The molecule has 148 valence electrons. The standard InChI is InChI=1S/C21H30N2O4/c1-15(2)18(16-7-5-4-6-8-16)13-19(24)22(3)14-20(25)23-11-9-17(10-12-23)21(26)27/h4-8,15,17-18H,9-14H2,1-3H3,(H,26,27). The molecular weight excluding hydrogens is 344 g/mol. The molecule has 1 aromatic rings. The maximum atomic E-state index is 12.7. The monoisotopic (exact) mass is 374 g/mol. The Morgan fingerprint density at radius 1 is 1.15 bits per heavy atom. The number of amides is 2. The minimum Gasteiger partial charge on any atom is -0.481 e. The second kappa shape index (κ2) is 9.53. The third kappa shape index (κ3) is 5.81. The lowest BCUT2D eigenvalue weighted by Gasteiger charge is -2.32. The van der Waals surface area contributed by atoms with Crippen molar-refractivity contribution in [2.24, 2.45) is 11.8 Å². The maximum absolute atomic E-state index is 12.7. The van der Waals surface area contributed by atoms with Crippen molar-refractivity contribution < 1.29 is 19.5 Å². The fourth-order valence-electron chi connectivity index (χ4n) is 3.55. The number of likely N-dealkylation sites (tertiary alicyclic amines) is 1. The van der Waals surface area contributed by atoms with Crippen molar-refractivity contribution in [1.29, 1.82) is 0 Å². The summed E-state index contributed by atoms with van der Waals surface area (Å²) < 4.78 is 0. The van der Waals surface area contributed by atoms with E-state index < -0.39 is 5.97 Å². The van der Waals surface area contributed by atoms with Gasteiger partial charge in [-0.3, -0.25) is 14.4 Å². The van der Waals surface area contributed by atoms with Crippen LogP contribution in [-0.4, -0.2) is 59.4 Å². The number of carbonyl (C=O) groups excluding carboxylic acids is 2. The summed E-state index contributed by atoms with van der Waals surface area (Å²) in [4.78, 5) is 39.3. The Labute approximate surface area is 161 Å². The lowest BCUT2D eigenvalue weighted by molar-refractivity contribution is -0.146. The summed E-state index contributed by atoms with van der Waals surface area (Å²) in [6.45, 7) is 5.12. The summed E-state index contributed by atoms with van der Waals surface area (Å²) in [5.74, 6) is -0.902. The van der Waals surface area contributed by atoms with Gasteiger partial charge in [-0.25, -0.2) is 0 Å². The van der Waals surface area contributed by atoms with Crippen LogP contribution in [-0.2, 0) is 14.4 Å². The summed E-state index contributed by atoms with van der Waals surface area (Å²) in [5, 5.41) is 9.05. The first-order valence-electron chi connectivity index (χ1n) is 9.59. The number of likely N-dealkylation sites (N-methyl/N-ethyl adjacent to an activating group) is 1. The average molecular weight is 374 g/mol. The van der Waals surface area contributed by atoms with Crippen LogP contribution in [0.25, 0.3) is 0 Å². The van der Waals surface area contributed by atoms with Gasteiger partial charge < -0.3 is 14.9 Å². The van der Waals surface area contributed by atoms with Gasteiger partial charge in [0.05, 0.1) is 12.5 Å². The summed E-state index contributed by atoms with van der Waals surface area (Å²) >= 11 is 0. The highest BCUT2D eigenvalue weighted by atomic mass is 16.4. The van der Waals surface area contributed by atoms with Crippen LogP contribution in [0.3, 0.4) is 0 Å². The normalized spacial score (nSPS) is 16.2. The van der Waals surface area contributed by atoms with Crippen molar-refractivity contribution in [1.82, 2.24) is 9.80 Å². The summed E-state index contributed by atoms with van der Waals surface area (Å²) in [7, 11) is 1.66. The van der Waals surface area contributed by atoms with Crippen molar-refractivity contribution in [2.45, 2.75) is 39.0 Å². The largest absolute Gasteiger partial charge is 0.481 e. The quantitative estimate of drug-likeness (QED) is 0.796. The van der Waals surface area contributed by atoms with Crippen molar-refractivity contribution in [3.8, 4) is 0 Å². The van der Waals surface area contributed by atoms with Crippen molar-refractivity contribution in [2.75, 3.05) is 26.7 Å². The zero-order chi connectivity index (χ0) is 20.0. The highest BCUT2D eigenvalue weighted by molar-refractivity contribution is 5.85. The number of hydrogen-bond donors (Lipinski definition) is 1. The zero-order valence-corrected chi connectivity index (χ0v) is 16.4. The Hall–Kier alpha value is -2.37. The molecule has 2 amide bonds. The molecule has 0 aromatic heterocycles. The van der Waals surface area contributed by atoms with E-state index >= 15 is 0 Å². The molecular formula is C21H30N2O4. The van der Waals surface area contributed by atoms with E-state index in [9.17, 15) is 14.4 Å². The van der Waals surface area contributed by atoms with Gasteiger partial charge in [-0.15, -0.1) is 0 Å². The molecule has 1 heterocycles. The van der Waals surface area contributed by atoms with E-state index in [1.165, 1.54) is 4.90 Å². The molecule has 0 radical (unpaired) electrons. The van der Waals surface area contributed by atoms with Crippen LogP contribution < -0.4 is 0 Å². The Bertz CT molecular complexity index is 651. The fourth-order valence-corrected chi connectivity index (χ4v) is 3.55. The summed E-state index contributed by atoms with van der Waals surface area (Å²) in [5.41, 5.74) is 1.14. The smallest absolute Gasteiger partial charge is 0.306 e. The number of benzene rings is 1. The van der Waals surface area contributed by atoms with Gasteiger partial charge in [0.2, 0.25) is 11.8 Å². The predicted octanol–water partition coefficient (Wildman–Crippen LogP) is 2.60. The van der Waals surface area contributed by atoms with E-state index in [1.54, 1.807) is 11.9 Å². The Morgan fingerprint density at radius 3 is 2.26 bits per heavy atom. The molecule has 2 rings (SSSR count). The Balaban J connectivity index is 1.89. The van der Waals surface area contributed by atoms with Gasteiger partial charge in [0.15, 0.2) is 0 Å². The van der Waals surface area contributed by atoms with Gasteiger partial charge in [0, 0.05) is 26.6 Å². The maximum Gasteiger partial charge on any atom is 0.306 e. The molecule has 6 nitrogen and oxygen atoms in total. The SMILES string of the molecule is CC(C)C(CC(=O)N(C)CC(=O)N1CCC(C(=O)O)CC1)c1ccccc1. The van der Waals surface area contributed by atoms with Crippen LogP contribution in [0.1, 0.15) is 44.6 Å². The van der Waals surface area contributed by atoms with Crippen LogP contribution in [0.5, 0.6) is 0 Å².